The Bertz CT molecular complexity index is 1050. The predicted molar refractivity (Wildman–Crippen MR) is 137 cm³/mol. The van der Waals surface area contributed by atoms with Crippen LogP contribution in [-0.2, 0) is 0 Å². The topological polar surface area (TPSA) is 0 Å². The Morgan fingerprint density at radius 1 is 0.655 bits per heavy atom. The van der Waals surface area contributed by atoms with Crippen molar-refractivity contribution in [2.75, 3.05) is 0 Å². The summed E-state index contributed by atoms with van der Waals surface area (Å²) in [4.78, 5) is 4.88. The third-order valence-corrected chi connectivity index (χ3v) is 6.37. The maximum Gasteiger partial charge on any atom is 0.0343 e. The normalized spacial score (nSPS) is 12.0. The van der Waals surface area contributed by atoms with Crippen LogP contribution < -0.4 is 0 Å². The van der Waals surface area contributed by atoms with Gasteiger partial charge in [0.1, 0.15) is 0 Å². The highest BCUT2D eigenvalue weighted by Crippen LogP contribution is 2.26. The van der Waals surface area contributed by atoms with E-state index in [0.717, 1.165) is 10.4 Å². The summed E-state index contributed by atoms with van der Waals surface area (Å²) in [7, 11) is 0. The molecule has 0 fully saturated rings. The highest BCUT2D eigenvalue weighted by Gasteiger charge is 2.01. The molecule has 3 aromatic rings. The Labute approximate surface area is 181 Å². The largest absolute Gasteiger partial charge is 0.137 e. The second kappa shape index (κ2) is 10.6. The van der Waals surface area contributed by atoms with Gasteiger partial charge in [-0.3, -0.25) is 0 Å². The van der Waals surface area contributed by atoms with Gasteiger partial charge in [0.2, 0.25) is 0 Å². The van der Waals surface area contributed by atoms with Gasteiger partial charge in [-0.05, 0) is 60.0 Å². The molecule has 0 unspecified atom stereocenters. The van der Waals surface area contributed by atoms with Crippen molar-refractivity contribution in [3.05, 3.63) is 110 Å². The molecule has 2 aromatic heterocycles. The fourth-order valence-electron chi connectivity index (χ4n) is 2.72. The maximum absolute atomic E-state index is 3.86. The number of hydrogen-bond acceptors (Lipinski definition) is 2. The number of benzene rings is 1. The Kier molecular flexibility index (Phi) is 7.57. The number of hydrogen-bond donors (Lipinski definition) is 0. The van der Waals surface area contributed by atoms with Crippen molar-refractivity contribution in [3.8, 4) is 0 Å². The van der Waals surface area contributed by atoms with Crippen molar-refractivity contribution in [2.45, 2.75) is 6.92 Å². The molecular formula is C27H24S2. The van der Waals surface area contributed by atoms with Gasteiger partial charge >= 0.3 is 0 Å². The molecule has 144 valence electrons. The first-order valence-corrected chi connectivity index (χ1v) is 11.1. The first-order chi connectivity index (χ1) is 14.2. The van der Waals surface area contributed by atoms with Crippen LogP contribution in [-0.4, -0.2) is 0 Å². The van der Waals surface area contributed by atoms with Gasteiger partial charge < -0.3 is 0 Å². The van der Waals surface area contributed by atoms with E-state index in [4.69, 9.17) is 0 Å². The quantitative estimate of drug-likeness (QED) is 0.324. The zero-order valence-electron chi connectivity index (χ0n) is 16.5. The van der Waals surface area contributed by atoms with Crippen LogP contribution >= 0.6 is 22.7 Å². The first kappa shape index (κ1) is 20.8. The molecule has 0 spiro atoms. The fraction of sp³-hybridized carbons (Fsp3) is 0.0370. The average molecular weight is 413 g/mol. The van der Waals surface area contributed by atoms with Gasteiger partial charge in [-0.1, -0.05) is 80.0 Å². The van der Waals surface area contributed by atoms with E-state index in [2.05, 4.69) is 92.1 Å². The van der Waals surface area contributed by atoms with Crippen LogP contribution in [0.3, 0.4) is 0 Å². The molecule has 0 bridgehead atoms. The Morgan fingerprint density at radius 3 is 1.83 bits per heavy atom. The van der Waals surface area contributed by atoms with Crippen molar-refractivity contribution >= 4 is 65.2 Å². The van der Waals surface area contributed by atoms with Gasteiger partial charge in [0.05, 0.1) is 0 Å². The van der Waals surface area contributed by atoms with Gasteiger partial charge in [-0.25, -0.2) is 0 Å². The molecule has 3 rings (SSSR count). The summed E-state index contributed by atoms with van der Waals surface area (Å²) < 4.78 is 0. The van der Waals surface area contributed by atoms with Gasteiger partial charge in [0, 0.05) is 19.5 Å². The lowest BCUT2D eigenvalue weighted by molar-refractivity contribution is 1.63. The Morgan fingerprint density at radius 2 is 1.28 bits per heavy atom. The predicted octanol–water partition coefficient (Wildman–Crippen LogP) is 9.03. The molecular weight excluding hydrogens is 388 g/mol. The zero-order chi connectivity index (χ0) is 20.5. The third kappa shape index (κ3) is 6.02. The SMILES string of the molecule is C=Cc1cc(/C=C/c2ccc(/C=C/c3ccc(/C=C\C=C/C)s3)cc2)sc1C=C. The molecule has 29 heavy (non-hydrogen) atoms. The van der Waals surface area contributed by atoms with Crippen LogP contribution in [0.4, 0.5) is 0 Å². The van der Waals surface area contributed by atoms with E-state index in [1.165, 1.54) is 25.8 Å². The first-order valence-electron chi connectivity index (χ1n) is 9.46. The highest BCUT2D eigenvalue weighted by molar-refractivity contribution is 7.14. The molecule has 0 aliphatic rings. The van der Waals surface area contributed by atoms with Gasteiger partial charge in [-0.2, -0.15) is 0 Å². The molecule has 1 aromatic carbocycles. The minimum atomic E-state index is 1.14. The smallest absolute Gasteiger partial charge is 0.0343 e. The molecule has 0 saturated carbocycles. The van der Waals surface area contributed by atoms with E-state index in [1.807, 2.05) is 31.2 Å². The summed E-state index contributed by atoms with van der Waals surface area (Å²) in [6.07, 6.45) is 20.6. The lowest BCUT2D eigenvalue weighted by Gasteiger charge is -1.96. The van der Waals surface area contributed by atoms with Crippen LogP contribution in [0.25, 0.3) is 42.5 Å². The molecule has 0 N–H and O–H groups in total. The zero-order valence-corrected chi connectivity index (χ0v) is 18.2. The molecule has 0 aliphatic heterocycles. The van der Waals surface area contributed by atoms with Crippen LogP contribution in [0.15, 0.2) is 73.9 Å². The molecule has 2 heteroatoms. The summed E-state index contributed by atoms with van der Waals surface area (Å²) in [5, 5.41) is 0. The average Bonchev–Trinajstić information content (AvgIpc) is 3.38. The van der Waals surface area contributed by atoms with E-state index in [-0.39, 0.29) is 0 Å². The van der Waals surface area contributed by atoms with Crippen molar-refractivity contribution in [1.82, 2.24) is 0 Å². The highest BCUT2D eigenvalue weighted by atomic mass is 32.1. The Balaban J connectivity index is 1.64. The molecule has 0 amide bonds. The van der Waals surface area contributed by atoms with Crippen LogP contribution in [0.1, 0.15) is 43.1 Å². The van der Waals surface area contributed by atoms with Crippen LogP contribution in [0.2, 0.25) is 0 Å². The van der Waals surface area contributed by atoms with Crippen molar-refractivity contribution in [2.24, 2.45) is 0 Å². The molecule has 0 radical (unpaired) electrons. The van der Waals surface area contributed by atoms with E-state index in [9.17, 15) is 0 Å². The Hall–Kier alpha value is -2.94. The number of allylic oxidation sites excluding steroid dienone is 3. The molecule has 0 nitrogen and oxygen atoms in total. The third-order valence-electron chi connectivity index (χ3n) is 4.24. The van der Waals surface area contributed by atoms with E-state index in [0.29, 0.717) is 0 Å². The second-order valence-corrected chi connectivity index (χ2v) is 8.60. The van der Waals surface area contributed by atoms with Crippen LogP contribution in [0.5, 0.6) is 0 Å². The summed E-state index contributed by atoms with van der Waals surface area (Å²) >= 11 is 3.51. The van der Waals surface area contributed by atoms with Crippen LogP contribution in [0, 0.1) is 0 Å². The number of thiophene rings is 2. The second-order valence-electron chi connectivity index (χ2n) is 6.33. The van der Waals surface area contributed by atoms with E-state index < -0.39 is 0 Å². The summed E-state index contributed by atoms with van der Waals surface area (Å²) in [6, 6.07) is 15.0. The van der Waals surface area contributed by atoms with Gasteiger partial charge in [0.25, 0.3) is 0 Å². The molecule has 0 saturated heterocycles. The van der Waals surface area contributed by atoms with E-state index in [1.54, 1.807) is 22.7 Å². The minimum Gasteiger partial charge on any atom is -0.137 e. The minimum absolute atomic E-state index is 1.14. The standard InChI is InChI=1S/C27H24S2/c1-4-7-8-9-24-18-19-25(28-24)16-14-21-10-12-22(13-11-21)15-17-26-20-23(5-2)27(6-3)29-26/h4-20H,2-3H2,1H3/b7-4-,9-8-,16-14+,17-15+. The number of rotatable bonds is 8. The van der Waals surface area contributed by atoms with Crippen molar-refractivity contribution in [3.63, 3.8) is 0 Å². The molecule has 0 aliphatic carbocycles. The summed E-state index contributed by atoms with van der Waals surface area (Å²) in [6.45, 7) is 9.75. The maximum atomic E-state index is 3.86. The van der Waals surface area contributed by atoms with Crippen molar-refractivity contribution in [1.29, 1.82) is 0 Å². The summed E-state index contributed by atoms with van der Waals surface area (Å²) in [5.74, 6) is 0. The lowest BCUT2D eigenvalue weighted by atomic mass is 10.1. The lowest BCUT2D eigenvalue weighted by Crippen LogP contribution is -1.74. The summed E-state index contributed by atoms with van der Waals surface area (Å²) in [5.41, 5.74) is 3.52. The van der Waals surface area contributed by atoms with E-state index >= 15 is 0 Å². The van der Waals surface area contributed by atoms with Gasteiger partial charge in [-0.15, -0.1) is 22.7 Å². The fourth-order valence-corrected chi connectivity index (χ4v) is 4.47. The monoisotopic (exact) mass is 412 g/mol. The van der Waals surface area contributed by atoms with Crippen molar-refractivity contribution < 1.29 is 0 Å². The molecule has 2 heterocycles. The molecule has 0 atom stereocenters. The van der Waals surface area contributed by atoms with Gasteiger partial charge in [0.15, 0.2) is 0 Å².